The number of aromatic nitrogens is 2. The van der Waals surface area contributed by atoms with E-state index < -0.39 is 43.1 Å². The van der Waals surface area contributed by atoms with Gasteiger partial charge in [-0.15, -0.1) is 0 Å². The Morgan fingerprint density at radius 3 is 2.82 bits per heavy atom. The van der Waals surface area contributed by atoms with Crippen molar-refractivity contribution in [2.45, 2.75) is 24.8 Å². The molecule has 1 fully saturated rings. The number of anilines is 1. The molecule has 1 unspecified atom stereocenters. The van der Waals surface area contributed by atoms with Crippen LogP contribution in [-0.2, 0) is 4.79 Å². The molecule has 1 saturated heterocycles. The molecule has 2 heterocycles. The van der Waals surface area contributed by atoms with E-state index >= 15 is 0 Å². The molecular formula is C13H12F4N4O. The lowest BCUT2D eigenvalue weighted by Crippen LogP contribution is -2.35. The smallest absolute Gasteiger partial charge is 0.295 e. The lowest BCUT2D eigenvalue weighted by atomic mass is 10.2. The van der Waals surface area contributed by atoms with Crippen molar-refractivity contribution < 1.29 is 22.4 Å². The van der Waals surface area contributed by atoms with E-state index in [0.717, 1.165) is 0 Å². The minimum absolute atomic E-state index is 0.319. The summed E-state index contributed by atoms with van der Waals surface area (Å²) >= 11 is 0. The molecule has 1 amide bonds. The van der Waals surface area contributed by atoms with Gasteiger partial charge in [-0.3, -0.25) is 10.1 Å². The van der Waals surface area contributed by atoms with Gasteiger partial charge in [0.05, 0.1) is 23.6 Å². The van der Waals surface area contributed by atoms with Crippen LogP contribution in [0.2, 0.25) is 0 Å². The van der Waals surface area contributed by atoms with Gasteiger partial charge in [0.25, 0.3) is 12.3 Å². The third-order valence-electron chi connectivity index (χ3n) is 3.40. The summed E-state index contributed by atoms with van der Waals surface area (Å²) in [6.07, 6.45) is -3.30. The van der Waals surface area contributed by atoms with Gasteiger partial charge >= 0.3 is 0 Å². The lowest BCUT2D eigenvalue weighted by molar-refractivity contribution is -0.118. The molecule has 118 valence electrons. The number of nitrogens with one attached hydrogen (secondary N) is 3. The Bertz CT molecular complexity index is 715. The first-order valence-corrected chi connectivity index (χ1v) is 6.54. The molecule has 0 bridgehead atoms. The zero-order chi connectivity index (χ0) is 15.9. The fourth-order valence-electron chi connectivity index (χ4n) is 2.34. The Kier molecular flexibility index (Phi) is 3.51. The molecule has 0 spiro atoms. The van der Waals surface area contributed by atoms with Crippen LogP contribution < -0.4 is 10.6 Å². The number of imidazole rings is 1. The molecule has 2 aromatic rings. The summed E-state index contributed by atoms with van der Waals surface area (Å²) in [5.74, 6) is -3.96. The van der Waals surface area contributed by atoms with Crippen LogP contribution in [-0.4, -0.2) is 34.4 Å². The SMILES string of the molecule is O=C(Nc1ccc2nc(C(F)F)[nH]c2c1)C1CC(F)(F)CN1. The molecule has 1 aliphatic rings. The van der Waals surface area contributed by atoms with Gasteiger partial charge in [0, 0.05) is 12.1 Å². The standard InChI is InChI=1S/C13H12F4N4O/c14-10(15)11-20-7-2-1-6(3-8(7)21-11)19-12(22)9-4-13(16,17)5-18-9/h1-3,9-10,18H,4-5H2,(H,19,22)(H,20,21). The number of hydrogen-bond donors (Lipinski definition) is 3. The number of carbonyl (C=O) groups is 1. The van der Waals surface area contributed by atoms with Crippen molar-refractivity contribution >= 4 is 22.6 Å². The Balaban J connectivity index is 1.75. The van der Waals surface area contributed by atoms with Crippen LogP contribution in [0.5, 0.6) is 0 Å². The first-order valence-electron chi connectivity index (χ1n) is 6.54. The van der Waals surface area contributed by atoms with Crippen molar-refractivity contribution in [1.29, 1.82) is 0 Å². The summed E-state index contributed by atoms with van der Waals surface area (Å²) in [6.45, 7) is -0.539. The Labute approximate surface area is 122 Å². The summed E-state index contributed by atoms with van der Waals surface area (Å²) in [5.41, 5.74) is 0.982. The minimum Gasteiger partial charge on any atom is -0.337 e. The van der Waals surface area contributed by atoms with E-state index in [9.17, 15) is 22.4 Å². The van der Waals surface area contributed by atoms with Crippen LogP contribution in [0.4, 0.5) is 23.2 Å². The van der Waals surface area contributed by atoms with E-state index in [0.29, 0.717) is 16.7 Å². The lowest BCUT2D eigenvalue weighted by Gasteiger charge is -2.11. The van der Waals surface area contributed by atoms with Crippen LogP contribution in [0.25, 0.3) is 11.0 Å². The number of fused-ring (bicyclic) bond motifs is 1. The second-order valence-corrected chi connectivity index (χ2v) is 5.14. The summed E-state index contributed by atoms with van der Waals surface area (Å²) < 4.78 is 51.2. The molecular weight excluding hydrogens is 304 g/mol. The number of amides is 1. The minimum atomic E-state index is -2.90. The second-order valence-electron chi connectivity index (χ2n) is 5.14. The molecule has 3 rings (SSSR count). The normalized spacial score (nSPS) is 20.7. The Morgan fingerprint density at radius 1 is 1.41 bits per heavy atom. The number of aromatic amines is 1. The number of alkyl halides is 4. The van der Waals surface area contributed by atoms with Gasteiger partial charge in [0.15, 0.2) is 5.82 Å². The summed E-state index contributed by atoms with van der Waals surface area (Å²) in [5, 5.41) is 4.92. The topological polar surface area (TPSA) is 69.8 Å². The average molecular weight is 316 g/mol. The first-order chi connectivity index (χ1) is 10.3. The van der Waals surface area contributed by atoms with Gasteiger partial charge in [-0.1, -0.05) is 0 Å². The van der Waals surface area contributed by atoms with Crippen molar-refractivity contribution in [3.8, 4) is 0 Å². The maximum atomic E-state index is 13.1. The van der Waals surface area contributed by atoms with Crippen molar-refractivity contribution in [3.63, 3.8) is 0 Å². The van der Waals surface area contributed by atoms with E-state index in [1.807, 2.05) is 0 Å². The van der Waals surface area contributed by atoms with Gasteiger partial charge in [0.2, 0.25) is 5.91 Å². The van der Waals surface area contributed by atoms with Crippen LogP contribution >= 0.6 is 0 Å². The van der Waals surface area contributed by atoms with Crippen molar-refractivity contribution in [1.82, 2.24) is 15.3 Å². The monoisotopic (exact) mass is 316 g/mol. The van der Waals surface area contributed by atoms with Gasteiger partial charge in [-0.05, 0) is 18.2 Å². The molecule has 0 saturated carbocycles. The van der Waals surface area contributed by atoms with E-state index in [1.165, 1.54) is 18.2 Å². The number of rotatable bonds is 3. The van der Waals surface area contributed by atoms with E-state index in [2.05, 4.69) is 20.6 Å². The summed E-state index contributed by atoms with van der Waals surface area (Å²) in [7, 11) is 0. The molecule has 1 atom stereocenters. The van der Waals surface area contributed by atoms with E-state index in [1.54, 1.807) is 0 Å². The van der Waals surface area contributed by atoms with Crippen LogP contribution in [0.15, 0.2) is 18.2 Å². The predicted molar refractivity (Wildman–Crippen MR) is 71.0 cm³/mol. The average Bonchev–Trinajstić information content (AvgIpc) is 3.01. The first kappa shape index (κ1) is 14.8. The zero-order valence-corrected chi connectivity index (χ0v) is 11.2. The van der Waals surface area contributed by atoms with Gasteiger partial charge in [0.1, 0.15) is 0 Å². The molecule has 9 heteroatoms. The highest BCUT2D eigenvalue weighted by Gasteiger charge is 2.42. The Morgan fingerprint density at radius 2 is 2.18 bits per heavy atom. The molecule has 22 heavy (non-hydrogen) atoms. The fraction of sp³-hybridized carbons (Fsp3) is 0.385. The number of H-pyrrole nitrogens is 1. The molecule has 1 aromatic carbocycles. The van der Waals surface area contributed by atoms with Crippen LogP contribution in [0.3, 0.4) is 0 Å². The number of halogens is 4. The molecule has 0 aliphatic carbocycles. The largest absolute Gasteiger partial charge is 0.337 e. The number of carbonyl (C=O) groups excluding carboxylic acids is 1. The molecule has 5 nitrogen and oxygen atoms in total. The Hall–Kier alpha value is -2.16. The zero-order valence-electron chi connectivity index (χ0n) is 11.2. The van der Waals surface area contributed by atoms with Crippen molar-refractivity contribution in [2.75, 3.05) is 11.9 Å². The third kappa shape index (κ3) is 2.89. The predicted octanol–water partition coefficient (Wildman–Crippen LogP) is 2.44. The quantitative estimate of drug-likeness (QED) is 0.762. The van der Waals surface area contributed by atoms with Gasteiger partial charge in [-0.2, -0.15) is 0 Å². The summed E-state index contributed by atoms with van der Waals surface area (Å²) in [6, 6.07) is 3.39. The highest BCUT2D eigenvalue weighted by Crippen LogP contribution is 2.26. The van der Waals surface area contributed by atoms with E-state index in [-0.39, 0.29) is 0 Å². The third-order valence-corrected chi connectivity index (χ3v) is 3.40. The molecule has 1 aromatic heterocycles. The second kappa shape index (κ2) is 5.24. The number of hydrogen-bond acceptors (Lipinski definition) is 3. The van der Waals surface area contributed by atoms with Gasteiger partial charge in [-0.25, -0.2) is 22.5 Å². The molecule has 1 aliphatic heterocycles. The van der Waals surface area contributed by atoms with E-state index in [4.69, 9.17) is 0 Å². The molecule has 0 radical (unpaired) electrons. The van der Waals surface area contributed by atoms with Crippen LogP contribution in [0.1, 0.15) is 18.7 Å². The number of nitrogens with zero attached hydrogens (tertiary/aromatic N) is 1. The highest BCUT2D eigenvalue weighted by atomic mass is 19.3. The molecule has 3 N–H and O–H groups in total. The number of benzene rings is 1. The van der Waals surface area contributed by atoms with Crippen molar-refractivity contribution in [2.24, 2.45) is 0 Å². The fourth-order valence-corrected chi connectivity index (χ4v) is 2.34. The van der Waals surface area contributed by atoms with Gasteiger partial charge < -0.3 is 10.3 Å². The van der Waals surface area contributed by atoms with Crippen LogP contribution in [0, 0.1) is 0 Å². The highest BCUT2D eigenvalue weighted by molar-refractivity contribution is 5.96. The maximum Gasteiger partial charge on any atom is 0.295 e. The summed E-state index contributed by atoms with van der Waals surface area (Å²) in [4.78, 5) is 18.0. The van der Waals surface area contributed by atoms with Crippen molar-refractivity contribution in [3.05, 3.63) is 24.0 Å². The maximum absolute atomic E-state index is 13.1.